The maximum Gasteiger partial charge on any atom is 0.319 e. The smallest absolute Gasteiger partial charge is 0.319 e. The summed E-state index contributed by atoms with van der Waals surface area (Å²) in [7, 11) is 1.58. The molecular formula is C21H21N5O2. The van der Waals surface area contributed by atoms with Crippen LogP contribution in [0.25, 0.3) is 10.9 Å². The zero-order chi connectivity index (χ0) is 20.1. The monoisotopic (exact) mass is 375 g/mol. The lowest BCUT2D eigenvalue weighted by atomic mass is 10.1. The Bertz CT molecular complexity index is 1040. The van der Waals surface area contributed by atoms with Crippen LogP contribution in [0.15, 0.2) is 48.5 Å². The Labute approximate surface area is 163 Å². The number of nitrogens with one attached hydrogen (secondary N) is 1. The van der Waals surface area contributed by atoms with Gasteiger partial charge in [0.2, 0.25) is 0 Å². The minimum atomic E-state index is -0.560. The van der Waals surface area contributed by atoms with Crippen LogP contribution in [0.1, 0.15) is 11.1 Å². The number of carbonyl (C=O) groups is 1. The molecule has 7 heteroatoms. The third-order valence-corrected chi connectivity index (χ3v) is 4.45. The van der Waals surface area contributed by atoms with E-state index in [1.54, 1.807) is 31.4 Å². The summed E-state index contributed by atoms with van der Waals surface area (Å²) in [6, 6.07) is 16.3. The van der Waals surface area contributed by atoms with Gasteiger partial charge in [0.1, 0.15) is 17.6 Å². The molecule has 28 heavy (non-hydrogen) atoms. The summed E-state index contributed by atoms with van der Waals surface area (Å²) in [5.74, 6) is 1.18. The summed E-state index contributed by atoms with van der Waals surface area (Å²) in [5.41, 5.74) is 8.51. The van der Waals surface area contributed by atoms with Crippen LogP contribution in [0, 0.1) is 18.3 Å². The van der Waals surface area contributed by atoms with Crippen LogP contribution in [-0.4, -0.2) is 31.2 Å². The number of hydrogen-bond donors (Lipinski definition) is 2. The fourth-order valence-corrected chi connectivity index (χ4v) is 2.98. The molecule has 0 radical (unpaired) electrons. The molecule has 3 aromatic rings. The molecule has 0 unspecified atom stereocenters. The number of aryl methyl sites for hydroxylation is 1. The van der Waals surface area contributed by atoms with Crippen molar-refractivity contribution in [3.8, 4) is 11.8 Å². The molecule has 1 heterocycles. The number of benzene rings is 2. The third-order valence-electron chi connectivity index (χ3n) is 4.45. The van der Waals surface area contributed by atoms with Crippen LogP contribution in [0.3, 0.4) is 0 Å². The van der Waals surface area contributed by atoms with E-state index in [9.17, 15) is 10.1 Å². The maximum atomic E-state index is 11.9. The van der Waals surface area contributed by atoms with Crippen molar-refractivity contribution >= 4 is 28.4 Å². The van der Waals surface area contributed by atoms with E-state index in [1.165, 1.54) is 4.90 Å². The van der Waals surface area contributed by atoms with Crippen molar-refractivity contribution in [2.45, 2.75) is 6.92 Å². The van der Waals surface area contributed by atoms with Crippen molar-refractivity contribution in [2.24, 2.45) is 5.73 Å². The number of anilines is 2. The van der Waals surface area contributed by atoms with Gasteiger partial charge in [-0.25, -0.2) is 9.78 Å². The Morgan fingerprint density at radius 1 is 1.29 bits per heavy atom. The predicted octanol–water partition coefficient (Wildman–Crippen LogP) is 3.42. The number of carbonyl (C=O) groups excluding carboxylic acids is 1. The van der Waals surface area contributed by atoms with Crippen LogP contribution in [0.5, 0.6) is 5.75 Å². The fraction of sp³-hybridized carbons (Fsp3) is 0.190. The summed E-state index contributed by atoms with van der Waals surface area (Å²) in [5, 5.41) is 13.5. The molecule has 0 aliphatic heterocycles. The topological polar surface area (TPSA) is 104 Å². The van der Waals surface area contributed by atoms with E-state index in [1.807, 2.05) is 31.2 Å². The molecule has 0 saturated heterocycles. The minimum absolute atomic E-state index is 0.319. The number of fused-ring (bicyclic) bond motifs is 1. The van der Waals surface area contributed by atoms with Gasteiger partial charge < -0.3 is 15.8 Å². The number of para-hydroxylation sites is 1. The molecule has 0 fully saturated rings. The Balaban J connectivity index is 1.77. The average molecular weight is 375 g/mol. The molecule has 0 atom stereocenters. The number of nitrogens with zero attached hydrogens (tertiary/aromatic N) is 3. The highest BCUT2D eigenvalue weighted by Crippen LogP contribution is 2.23. The van der Waals surface area contributed by atoms with Crippen molar-refractivity contribution < 1.29 is 9.53 Å². The van der Waals surface area contributed by atoms with E-state index in [-0.39, 0.29) is 0 Å². The summed E-state index contributed by atoms with van der Waals surface area (Å²) in [6.45, 7) is 2.68. The van der Waals surface area contributed by atoms with Gasteiger partial charge in [0, 0.05) is 24.2 Å². The SMILES string of the molecule is COc1ccc(N(CCNc2nc3c(C)cccc3cc2C#N)C(N)=O)cc1. The molecule has 0 saturated carbocycles. The first-order valence-electron chi connectivity index (χ1n) is 8.79. The Kier molecular flexibility index (Phi) is 5.61. The molecule has 2 aromatic carbocycles. The minimum Gasteiger partial charge on any atom is -0.497 e. The highest BCUT2D eigenvalue weighted by Gasteiger charge is 2.13. The van der Waals surface area contributed by atoms with Crippen LogP contribution < -0.4 is 20.7 Å². The third kappa shape index (κ3) is 3.96. The highest BCUT2D eigenvalue weighted by atomic mass is 16.5. The van der Waals surface area contributed by atoms with E-state index >= 15 is 0 Å². The van der Waals surface area contributed by atoms with Crippen molar-refractivity contribution in [2.75, 3.05) is 30.4 Å². The first-order valence-corrected chi connectivity index (χ1v) is 8.79. The molecule has 0 spiro atoms. The van der Waals surface area contributed by atoms with Gasteiger partial charge in [-0.1, -0.05) is 18.2 Å². The predicted molar refractivity (Wildman–Crippen MR) is 110 cm³/mol. The van der Waals surface area contributed by atoms with E-state index in [0.717, 1.165) is 16.5 Å². The normalized spacial score (nSPS) is 10.3. The second-order valence-corrected chi connectivity index (χ2v) is 6.26. The number of urea groups is 1. The number of nitrogens with two attached hydrogens (primary N) is 1. The standard InChI is InChI=1S/C21H21N5O2/c1-14-4-3-5-15-12-16(13-22)20(25-19(14)15)24-10-11-26(21(23)27)17-6-8-18(28-2)9-7-17/h3-9,12H,10-11H2,1-2H3,(H2,23,27)(H,24,25). The number of rotatable bonds is 6. The lowest BCUT2D eigenvalue weighted by molar-refractivity contribution is 0.254. The van der Waals surface area contributed by atoms with Crippen molar-refractivity contribution in [1.29, 1.82) is 5.26 Å². The zero-order valence-electron chi connectivity index (χ0n) is 15.8. The van der Waals surface area contributed by atoms with Gasteiger partial charge in [-0.2, -0.15) is 5.26 Å². The van der Waals surface area contributed by atoms with E-state index in [2.05, 4.69) is 16.4 Å². The molecule has 3 rings (SSSR count). The molecule has 0 aliphatic carbocycles. The number of nitriles is 1. The number of hydrogen-bond acceptors (Lipinski definition) is 5. The Morgan fingerprint density at radius 3 is 2.68 bits per heavy atom. The number of primary amides is 1. The Morgan fingerprint density at radius 2 is 2.04 bits per heavy atom. The van der Waals surface area contributed by atoms with Gasteiger partial charge in [-0.05, 0) is 42.8 Å². The van der Waals surface area contributed by atoms with E-state index < -0.39 is 6.03 Å². The van der Waals surface area contributed by atoms with Crippen LogP contribution in [0.4, 0.5) is 16.3 Å². The Hall–Kier alpha value is -3.79. The molecule has 0 aliphatic rings. The van der Waals surface area contributed by atoms with Crippen molar-refractivity contribution in [3.05, 3.63) is 59.7 Å². The summed E-state index contributed by atoms with van der Waals surface area (Å²) in [4.78, 5) is 17.9. The first kappa shape index (κ1) is 19.0. The van der Waals surface area contributed by atoms with Gasteiger partial charge in [0.05, 0.1) is 18.2 Å². The molecule has 142 valence electrons. The average Bonchev–Trinajstić information content (AvgIpc) is 2.71. The quantitative estimate of drug-likeness (QED) is 0.687. The summed E-state index contributed by atoms with van der Waals surface area (Å²) < 4.78 is 5.13. The molecule has 3 N–H and O–H groups in total. The van der Waals surface area contributed by atoms with Crippen LogP contribution in [0.2, 0.25) is 0 Å². The molecule has 2 amide bonds. The van der Waals surface area contributed by atoms with Crippen LogP contribution in [-0.2, 0) is 0 Å². The molecular weight excluding hydrogens is 354 g/mol. The van der Waals surface area contributed by atoms with E-state index in [4.69, 9.17) is 10.5 Å². The number of amides is 2. The van der Waals surface area contributed by atoms with Gasteiger partial charge in [0.15, 0.2) is 0 Å². The van der Waals surface area contributed by atoms with Gasteiger partial charge in [0.25, 0.3) is 0 Å². The highest BCUT2D eigenvalue weighted by molar-refractivity contribution is 5.91. The van der Waals surface area contributed by atoms with E-state index in [0.29, 0.717) is 35.9 Å². The number of aromatic nitrogens is 1. The molecule has 0 bridgehead atoms. The number of methoxy groups -OCH3 is 1. The van der Waals surface area contributed by atoms with Crippen molar-refractivity contribution in [1.82, 2.24) is 4.98 Å². The van der Waals surface area contributed by atoms with Gasteiger partial charge in [-0.15, -0.1) is 0 Å². The first-order chi connectivity index (χ1) is 13.5. The van der Waals surface area contributed by atoms with Gasteiger partial charge >= 0.3 is 6.03 Å². The number of ether oxygens (including phenoxy) is 1. The maximum absolute atomic E-state index is 11.9. The zero-order valence-corrected chi connectivity index (χ0v) is 15.8. The lowest BCUT2D eigenvalue weighted by Crippen LogP contribution is -2.39. The summed E-state index contributed by atoms with van der Waals surface area (Å²) in [6.07, 6.45) is 0. The fourth-order valence-electron chi connectivity index (χ4n) is 2.98. The van der Waals surface area contributed by atoms with Gasteiger partial charge in [-0.3, -0.25) is 4.90 Å². The van der Waals surface area contributed by atoms with Crippen LogP contribution >= 0.6 is 0 Å². The second-order valence-electron chi connectivity index (χ2n) is 6.26. The number of pyridine rings is 1. The largest absolute Gasteiger partial charge is 0.497 e. The summed E-state index contributed by atoms with van der Waals surface area (Å²) >= 11 is 0. The molecule has 7 nitrogen and oxygen atoms in total. The lowest BCUT2D eigenvalue weighted by Gasteiger charge is -2.21. The molecule has 1 aromatic heterocycles. The van der Waals surface area contributed by atoms with Crippen molar-refractivity contribution in [3.63, 3.8) is 0 Å². The second kappa shape index (κ2) is 8.27.